The first-order valence-electron chi connectivity index (χ1n) is 7.78. The second-order valence-electron chi connectivity index (χ2n) is 5.41. The van der Waals surface area contributed by atoms with Gasteiger partial charge in [-0.05, 0) is 53.2 Å². The Kier molecular flexibility index (Phi) is 6.24. The van der Waals surface area contributed by atoms with E-state index in [-0.39, 0.29) is 5.91 Å². The van der Waals surface area contributed by atoms with Gasteiger partial charge in [-0.3, -0.25) is 9.78 Å². The number of nitrogens with zero attached hydrogens (tertiary/aromatic N) is 2. The molecular weight excluding hydrogens is 438 g/mol. The quantitative estimate of drug-likeness (QED) is 0.588. The molecule has 8 heteroatoms. The third kappa shape index (κ3) is 4.81. The number of aromatic nitrogens is 2. The molecule has 1 aromatic carbocycles. The first-order valence-corrected chi connectivity index (χ1v) is 9.83. The topological polar surface area (TPSA) is 64.1 Å². The van der Waals surface area contributed by atoms with Crippen LogP contribution in [0, 0.1) is 0 Å². The Morgan fingerprint density at radius 2 is 2.23 bits per heavy atom. The van der Waals surface area contributed by atoms with Crippen molar-refractivity contribution in [2.45, 2.75) is 19.6 Å². The molecule has 2 aromatic heterocycles. The van der Waals surface area contributed by atoms with E-state index in [4.69, 9.17) is 16.3 Å². The number of carbonyl (C=O) groups excluding carboxylic acids is 1. The monoisotopic (exact) mass is 451 g/mol. The predicted molar refractivity (Wildman–Crippen MR) is 106 cm³/mol. The van der Waals surface area contributed by atoms with Crippen molar-refractivity contribution < 1.29 is 9.53 Å². The Morgan fingerprint density at radius 1 is 1.38 bits per heavy atom. The maximum atomic E-state index is 12.3. The number of hydrogen-bond acceptors (Lipinski definition) is 5. The van der Waals surface area contributed by atoms with Gasteiger partial charge in [0.25, 0.3) is 5.91 Å². The van der Waals surface area contributed by atoms with Crippen molar-refractivity contribution in [2.24, 2.45) is 0 Å². The summed E-state index contributed by atoms with van der Waals surface area (Å²) in [6, 6.07) is 10.8. The third-order valence-corrected chi connectivity index (χ3v) is 5.21. The van der Waals surface area contributed by atoms with E-state index in [0.29, 0.717) is 21.8 Å². The molecule has 1 atom stereocenters. The zero-order chi connectivity index (χ0) is 18.5. The zero-order valence-electron chi connectivity index (χ0n) is 13.8. The van der Waals surface area contributed by atoms with Crippen LogP contribution in [0.5, 0.6) is 5.75 Å². The molecule has 1 N–H and O–H groups in total. The number of rotatable bonds is 6. The normalized spacial score (nSPS) is 11.8. The lowest BCUT2D eigenvalue weighted by Gasteiger charge is -2.15. The van der Waals surface area contributed by atoms with Gasteiger partial charge in [-0.25, -0.2) is 4.98 Å². The van der Waals surface area contributed by atoms with Gasteiger partial charge in [0, 0.05) is 16.6 Å². The minimum Gasteiger partial charge on any atom is -0.480 e. The molecule has 0 saturated heterocycles. The fourth-order valence-electron chi connectivity index (χ4n) is 2.13. The summed E-state index contributed by atoms with van der Waals surface area (Å²) in [6.07, 6.45) is 1.08. The van der Waals surface area contributed by atoms with Crippen LogP contribution < -0.4 is 10.1 Å². The molecular formula is C18H15BrClN3O2S. The molecule has 0 fully saturated rings. The minimum absolute atomic E-state index is 0.223. The zero-order valence-corrected chi connectivity index (χ0v) is 16.9. The maximum absolute atomic E-state index is 12.3. The number of nitrogens with one attached hydrogen (secondary N) is 1. The summed E-state index contributed by atoms with van der Waals surface area (Å²) >= 11 is 10.8. The Balaban J connectivity index is 1.56. The van der Waals surface area contributed by atoms with Crippen LogP contribution in [0.25, 0.3) is 10.7 Å². The Bertz CT molecular complexity index is 904. The SMILES string of the molecule is CC(Oc1ccc(Cl)cc1Br)C(=O)NCc1csc(-c2ccccn2)n1. The molecule has 3 aromatic rings. The highest BCUT2D eigenvalue weighted by atomic mass is 79.9. The van der Waals surface area contributed by atoms with Crippen LogP contribution in [-0.2, 0) is 11.3 Å². The molecule has 0 spiro atoms. The number of halogens is 2. The summed E-state index contributed by atoms with van der Waals surface area (Å²) < 4.78 is 6.38. The van der Waals surface area contributed by atoms with Gasteiger partial charge in [0.2, 0.25) is 0 Å². The standard InChI is InChI=1S/C18H15BrClN3O2S/c1-11(25-16-6-5-12(20)8-14(16)19)17(24)22-9-13-10-26-18(23-13)15-4-2-3-7-21-15/h2-8,10-11H,9H2,1H3,(H,22,24). The molecule has 0 aliphatic heterocycles. The van der Waals surface area contributed by atoms with Gasteiger partial charge in [0.15, 0.2) is 6.10 Å². The average molecular weight is 453 g/mol. The van der Waals surface area contributed by atoms with E-state index in [1.54, 1.807) is 31.3 Å². The van der Waals surface area contributed by atoms with Crippen LogP contribution in [0.1, 0.15) is 12.6 Å². The van der Waals surface area contributed by atoms with Crippen LogP contribution in [0.3, 0.4) is 0 Å². The van der Waals surface area contributed by atoms with Crippen molar-refractivity contribution in [3.8, 4) is 16.5 Å². The van der Waals surface area contributed by atoms with Gasteiger partial charge in [-0.2, -0.15) is 0 Å². The first kappa shape index (κ1) is 18.8. The van der Waals surface area contributed by atoms with Gasteiger partial charge in [-0.15, -0.1) is 11.3 Å². The molecule has 26 heavy (non-hydrogen) atoms. The van der Waals surface area contributed by atoms with Crippen molar-refractivity contribution >= 4 is 44.8 Å². The number of ether oxygens (including phenoxy) is 1. The van der Waals surface area contributed by atoms with Gasteiger partial charge in [0.05, 0.1) is 22.4 Å². The predicted octanol–water partition coefficient (Wildman–Crippen LogP) is 4.70. The van der Waals surface area contributed by atoms with Gasteiger partial charge in [-0.1, -0.05) is 17.7 Å². The molecule has 0 radical (unpaired) electrons. The highest BCUT2D eigenvalue weighted by molar-refractivity contribution is 9.10. The smallest absolute Gasteiger partial charge is 0.261 e. The lowest BCUT2D eigenvalue weighted by atomic mass is 10.3. The van der Waals surface area contributed by atoms with E-state index in [1.807, 2.05) is 23.6 Å². The largest absolute Gasteiger partial charge is 0.480 e. The molecule has 5 nitrogen and oxygen atoms in total. The van der Waals surface area contributed by atoms with Crippen molar-refractivity contribution in [1.82, 2.24) is 15.3 Å². The number of benzene rings is 1. The van der Waals surface area contributed by atoms with Crippen molar-refractivity contribution in [3.05, 3.63) is 63.2 Å². The fraction of sp³-hybridized carbons (Fsp3) is 0.167. The van der Waals surface area contributed by atoms with E-state index in [9.17, 15) is 4.79 Å². The highest BCUT2D eigenvalue weighted by Crippen LogP contribution is 2.28. The summed E-state index contributed by atoms with van der Waals surface area (Å²) in [7, 11) is 0. The summed E-state index contributed by atoms with van der Waals surface area (Å²) in [5.74, 6) is 0.336. The molecule has 0 aliphatic carbocycles. The molecule has 2 heterocycles. The Hall–Kier alpha value is -1.96. The van der Waals surface area contributed by atoms with Gasteiger partial charge in [0.1, 0.15) is 10.8 Å². The lowest BCUT2D eigenvalue weighted by molar-refractivity contribution is -0.127. The van der Waals surface area contributed by atoms with Crippen LogP contribution in [0.15, 0.2) is 52.4 Å². The van der Waals surface area contributed by atoms with E-state index in [0.717, 1.165) is 16.4 Å². The van der Waals surface area contributed by atoms with E-state index < -0.39 is 6.10 Å². The number of thiazole rings is 1. The van der Waals surface area contributed by atoms with E-state index in [2.05, 4.69) is 31.2 Å². The van der Waals surface area contributed by atoms with Crippen molar-refractivity contribution in [1.29, 1.82) is 0 Å². The second kappa shape index (κ2) is 8.62. The first-order chi connectivity index (χ1) is 12.5. The van der Waals surface area contributed by atoms with Crippen molar-refractivity contribution in [2.75, 3.05) is 0 Å². The van der Waals surface area contributed by atoms with E-state index >= 15 is 0 Å². The summed E-state index contributed by atoms with van der Waals surface area (Å²) in [6.45, 7) is 2.02. The van der Waals surface area contributed by atoms with Crippen LogP contribution in [0.4, 0.5) is 0 Å². The number of amides is 1. The Labute approximate surface area is 168 Å². The fourth-order valence-corrected chi connectivity index (χ4v) is 3.70. The molecule has 0 bridgehead atoms. The number of hydrogen-bond donors (Lipinski definition) is 1. The minimum atomic E-state index is -0.652. The second-order valence-corrected chi connectivity index (χ2v) is 7.56. The van der Waals surface area contributed by atoms with Gasteiger partial charge < -0.3 is 10.1 Å². The molecule has 134 valence electrons. The Morgan fingerprint density at radius 3 is 2.96 bits per heavy atom. The molecule has 3 rings (SSSR count). The number of pyridine rings is 1. The lowest BCUT2D eigenvalue weighted by Crippen LogP contribution is -2.36. The van der Waals surface area contributed by atoms with Gasteiger partial charge >= 0.3 is 0 Å². The highest BCUT2D eigenvalue weighted by Gasteiger charge is 2.16. The van der Waals surface area contributed by atoms with Crippen LogP contribution >= 0.6 is 38.9 Å². The third-order valence-electron chi connectivity index (χ3n) is 3.45. The number of carbonyl (C=O) groups is 1. The summed E-state index contributed by atoms with van der Waals surface area (Å²) in [5, 5.41) is 6.16. The van der Waals surface area contributed by atoms with Crippen LogP contribution in [0.2, 0.25) is 5.02 Å². The van der Waals surface area contributed by atoms with E-state index in [1.165, 1.54) is 11.3 Å². The molecule has 0 saturated carbocycles. The molecule has 1 amide bonds. The molecule has 0 aliphatic rings. The molecule has 1 unspecified atom stereocenters. The summed E-state index contributed by atoms with van der Waals surface area (Å²) in [5.41, 5.74) is 1.60. The van der Waals surface area contributed by atoms with Crippen LogP contribution in [-0.4, -0.2) is 22.0 Å². The average Bonchev–Trinajstić information content (AvgIpc) is 3.11. The summed E-state index contributed by atoms with van der Waals surface area (Å²) in [4.78, 5) is 21.0. The maximum Gasteiger partial charge on any atom is 0.261 e. The van der Waals surface area contributed by atoms with Crippen molar-refractivity contribution in [3.63, 3.8) is 0 Å².